The minimum Gasteiger partial charge on any atom is -0.396 e. The highest BCUT2D eigenvalue weighted by Crippen LogP contribution is 2.19. The quantitative estimate of drug-likeness (QED) is 0.739. The van der Waals surface area contributed by atoms with Crippen LogP contribution in [0.3, 0.4) is 0 Å². The summed E-state index contributed by atoms with van der Waals surface area (Å²) in [6, 6.07) is 3.06. The van der Waals surface area contributed by atoms with Crippen molar-refractivity contribution in [2.45, 2.75) is 4.90 Å². The van der Waals surface area contributed by atoms with E-state index >= 15 is 0 Å². The van der Waals surface area contributed by atoms with E-state index in [4.69, 9.17) is 11.0 Å². The molecule has 8 nitrogen and oxygen atoms in total. The van der Waals surface area contributed by atoms with Gasteiger partial charge in [0.2, 0.25) is 0 Å². The molecular formula is C11H11N5O3S. The first-order valence-electron chi connectivity index (χ1n) is 5.46. The molecule has 2 aromatic heterocycles. The van der Waals surface area contributed by atoms with Gasteiger partial charge in [-0.2, -0.15) is 5.26 Å². The molecule has 0 saturated carbocycles. The predicted molar refractivity (Wildman–Crippen MR) is 70.7 cm³/mol. The van der Waals surface area contributed by atoms with E-state index in [-0.39, 0.29) is 28.5 Å². The summed E-state index contributed by atoms with van der Waals surface area (Å²) >= 11 is 0. The van der Waals surface area contributed by atoms with Crippen LogP contribution in [-0.2, 0) is 9.84 Å². The fourth-order valence-electron chi connectivity index (χ4n) is 1.67. The van der Waals surface area contributed by atoms with Gasteiger partial charge in [0.25, 0.3) is 5.91 Å². The largest absolute Gasteiger partial charge is 0.396 e. The Balaban J connectivity index is 2.62. The van der Waals surface area contributed by atoms with Crippen molar-refractivity contribution in [3.05, 3.63) is 24.2 Å². The van der Waals surface area contributed by atoms with Gasteiger partial charge in [-0.3, -0.25) is 9.20 Å². The number of nitriles is 1. The van der Waals surface area contributed by atoms with Gasteiger partial charge in [-0.15, -0.1) is 0 Å². The fourth-order valence-corrected chi connectivity index (χ4v) is 2.31. The minimum absolute atomic E-state index is 0.0187. The number of amides is 1. The third-order valence-corrected chi connectivity index (χ3v) is 3.68. The first kappa shape index (κ1) is 13.8. The van der Waals surface area contributed by atoms with Gasteiger partial charge in [0.15, 0.2) is 15.5 Å². The maximum absolute atomic E-state index is 11.8. The predicted octanol–water partition coefficient (Wildman–Crippen LogP) is -0.427. The molecule has 0 spiro atoms. The van der Waals surface area contributed by atoms with Crippen molar-refractivity contribution in [3.63, 3.8) is 0 Å². The van der Waals surface area contributed by atoms with E-state index in [0.29, 0.717) is 0 Å². The van der Waals surface area contributed by atoms with Crippen LogP contribution in [0.5, 0.6) is 0 Å². The molecule has 0 fully saturated rings. The van der Waals surface area contributed by atoms with E-state index in [1.807, 2.05) is 0 Å². The number of carbonyl (C=O) groups is 1. The Morgan fingerprint density at radius 1 is 1.60 bits per heavy atom. The topological polar surface area (TPSA) is 130 Å². The Kier molecular flexibility index (Phi) is 3.33. The number of nitrogens with two attached hydrogens (primary N) is 1. The summed E-state index contributed by atoms with van der Waals surface area (Å²) in [5.41, 5.74) is 6.26. The number of hydrogen-bond donors (Lipinski definition) is 2. The standard InChI is InChI=1S/C11H11N5O3S/c1-20(18,19)7-4-8(13)10-15-5-9(16(10)6-7)11(17)14-3-2-12/h4-6H,3,13H2,1H3,(H,14,17). The number of imidazole rings is 1. The van der Waals surface area contributed by atoms with Crippen LogP contribution in [0.1, 0.15) is 10.5 Å². The highest BCUT2D eigenvalue weighted by molar-refractivity contribution is 7.90. The van der Waals surface area contributed by atoms with Gasteiger partial charge < -0.3 is 11.1 Å². The monoisotopic (exact) mass is 293 g/mol. The van der Waals surface area contributed by atoms with E-state index in [1.54, 1.807) is 6.07 Å². The molecule has 20 heavy (non-hydrogen) atoms. The lowest BCUT2D eigenvalue weighted by Crippen LogP contribution is -2.24. The molecule has 0 saturated heterocycles. The Bertz CT molecular complexity index is 832. The van der Waals surface area contributed by atoms with Crippen molar-refractivity contribution in [3.8, 4) is 6.07 Å². The smallest absolute Gasteiger partial charge is 0.270 e. The van der Waals surface area contributed by atoms with Crippen molar-refractivity contribution in [1.29, 1.82) is 5.26 Å². The molecule has 0 atom stereocenters. The van der Waals surface area contributed by atoms with E-state index < -0.39 is 15.7 Å². The number of nitrogens with one attached hydrogen (secondary N) is 1. The molecule has 2 rings (SSSR count). The zero-order valence-corrected chi connectivity index (χ0v) is 11.3. The molecule has 0 unspecified atom stereocenters. The number of sulfone groups is 1. The summed E-state index contributed by atoms with van der Waals surface area (Å²) in [6.45, 7) is -0.159. The first-order valence-corrected chi connectivity index (χ1v) is 7.35. The van der Waals surface area contributed by atoms with Crippen LogP contribution in [-0.4, -0.2) is 36.5 Å². The SMILES string of the molecule is CS(=O)(=O)c1cc(N)c2ncc(C(=O)NCC#N)n2c1. The van der Waals surface area contributed by atoms with Crippen LogP contribution in [0.2, 0.25) is 0 Å². The van der Waals surface area contributed by atoms with Gasteiger partial charge in [0.1, 0.15) is 12.2 Å². The average molecular weight is 293 g/mol. The molecule has 104 valence electrons. The fraction of sp³-hybridized carbons (Fsp3) is 0.182. The second-order valence-electron chi connectivity index (χ2n) is 4.08. The molecule has 1 amide bonds. The number of hydrogen-bond acceptors (Lipinski definition) is 6. The van der Waals surface area contributed by atoms with Gasteiger partial charge in [-0.05, 0) is 6.07 Å². The highest BCUT2D eigenvalue weighted by atomic mass is 32.2. The summed E-state index contributed by atoms with van der Waals surface area (Å²) < 4.78 is 24.4. The van der Waals surface area contributed by atoms with Crippen LogP contribution in [0.25, 0.3) is 5.65 Å². The average Bonchev–Trinajstić information content (AvgIpc) is 2.79. The van der Waals surface area contributed by atoms with Crippen molar-refractivity contribution >= 4 is 27.1 Å². The molecule has 0 aromatic carbocycles. The van der Waals surface area contributed by atoms with Crippen molar-refractivity contribution < 1.29 is 13.2 Å². The lowest BCUT2D eigenvalue weighted by atomic mass is 10.4. The van der Waals surface area contributed by atoms with Crippen LogP contribution < -0.4 is 11.1 Å². The van der Waals surface area contributed by atoms with Crippen LogP contribution >= 0.6 is 0 Å². The summed E-state index contributed by atoms with van der Waals surface area (Å²) in [5, 5.41) is 10.8. The molecular weight excluding hydrogens is 282 g/mol. The van der Waals surface area contributed by atoms with E-state index in [0.717, 1.165) is 6.26 Å². The number of carbonyl (C=O) groups excluding carboxylic acids is 1. The third kappa shape index (κ3) is 2.41. The normalized spacial score (nSPS) is 11.2. The summed E-state index contributed by atoms with van der Waals surface area (Å²) in [6.07, 6.45) is 3.58. The van der Waals surface area contributed by atoms with Crippen LogP contribution in [0.4, 0.5) is 5.69 Å². The number of fused-ring (bicyclic) bond motifs is 1. The van der Waals surface area contributed by atoms with E-state index in [1.165, 1.54) is 22.9 Å². The zero-order valence-electron chi connectivity index (χ0n) is 10.5. The number of anilines is 1. The van der Waals surface area contributed by atoms with Crippen LogP contribution in [0, 0.1) is 11.3 Å². The second-order valence-corrected chi connectivity index (χ2v) is 6.10. The first-order chi connectivity index (χ1) is 9.34. The lowest BCUT2D eigenvalue weighted by molar-refractivity contribution is 0.0952. The van der Waals surface area contributed by atoms with Crippen LogP contribution in [0.15, 0.2) is 23.4 Å². The van der Waals surface area contributed by atoms with Crippen molar-refractivity contribution in [2.24, 2.45) is 0 Å². The number of pyridine rings is 1. The molecule has 2 heterocycles. The Hall–Kier alpha value is -2.60. The molecule has 0 radical (unpaired) electrons. The summed E-state index contributed by atoms with van der Waals surface area (Å²) in [5.74, 6) is -0.538. The van der Waals surface area contributed by atoms with Gasteiger partial charge in [0.05, 0.1) is 22.8 Å². The summed E-state index contributed by atoms with van der Waals surface area (Å²) in [7, 11) is -3.47. The van der Waals surface area contributed by atoms with Crippen molar-refractivity contribution in [1.82, 2.24) is 14.7 Å². The second kappa shape index (κ2) is 4.82. The maximum atomic E-state index is 11.8. The number of nitrogen functional groups attached to an aromatic ring is 1. The van der Waals surface area contributed by atoms with Crippen molar-refractivity contribution in [2.75, 3.05) is 18.5 Å². The molecule has 9 heteroatoms. The molecule has 2 aromatic rings. The molecule has 0 aliphatic rings. The zero-order chi connectivity index (χ0) is 14.9. The molecule has 0 aliphatic carbocycles. The minimum atomic E-state index is -3.47. The van der Waals surface area contributed by atoms with E-state index in [9.17, 15) is 13.2 Å². The highest BCUT2D eigenvalue weighted by Gasteiger charge is 2.17. The Labute approximate surface area is 114 Å². The molecule has 3 N–H and O–H groups in total. The maximum Gasteiger partial charge on any atom is 0.270 e. The Morgan fingerprint density at radius 3 is 2.90 bits per heavy atom. The number of rotatable bonds is 3. The van der Waals surface area contributed by atoms with Gasteiger partial charge in [-0.1, -0.05) is 0 Å². The number of aromatic nitrogens is 2. The van der Waals surface area contributed by atoms with E-state index in [2.05, 4.69) is 10.3 Å². The van der Waals surface area contributed by atoms with Gasteiger partial charge in [0, 0.05) is 12.5 Å². The van der Waals surface area contributed by atoms with Gasteiger partial charge >= 0.3 is 0 Å². The third-order valence-electron chi connectivity index (χ3n) is 2.60. The molecule has 0 aliphatic heterocycles. The number of nitrogens with zero attached hydrogens (tertiary/aromatic N) is 3. The summed E-state index contributed by atoms with van der Waals surface area (Å²) in [4.78, 5) is 15.8. The molecule has 0 bridgehead atoms. The van der Waals surface area contributed by atoms with Gasteiger partial charge in [-0.25, -0.2) is 13.4 Å². The Morgan fingerprint density at radius 2 is 2.30 bits per heavy atom. The lowest BCUT2D eigenvalue weighted by Gasteiger charge is -2.06.